The zero-order valence-corrected chi connectivity index (χ0v) is 11.0. The first-order valence-electron chi connectivity index (χ1n) is 7.53. The molecule has 0 spiro atoms. The fraction of sp³-hybridized carbons (Fsp3) is 0.800. The maximum absolute atomic E-state index is 5.66. The van der Waals surface area contributed by atoms with Gasteiger partial charge >= 0.3 is 0 Å². The molecule has 5 rings (SSSR count). The lowest BCUT2D eigenvalue weighted by atomic mass is 9.52. The van der Waals surface area contributed by atoms with Gasteiger partial charge in [0.05, 0.1) is 6.20 Å². The molecule has 98 valence electrons. The molecule has 4 bridgehead atoms. The monoisotopic (exact) mass is 245 g/mol. The molecular formula is C15H23N3. The van der Waals surface area contributed by atoms with Gasteiger partial charge in [-0.1, -0.05) is 0 Å². The molecule has 18 heavy (non-hydrogen) atoms. The van der Waals surface area contributed by atoms with E-state index in [2.05, 4.69) is 16.0 Å². The maximum Gasteiger partial charge on any atom is 0.0534 e. The van der Waals surface area contributed by atoms with Crippen molar-refractivity contribution in [3.8, 4) is 0 Å². The van der Waals surface area contributed by atoms with Gasteiger partial charge in [0.2, 0.25) is 0 Å². The summed E-state index contributed by atoms with van der Waals surface area (Å²) in [7, 11) is 0. The highest BCUT2D eigenvalue weighted by Crippen LogP contribution is 2.56. The first kappa shape index (κ1) is 11.0. The Morgan fingerprint density at radius 3 is 2.33 bits per heavy atom. The van der Waals surface area contributed by atoms with Gasteiger partial charge < -0.3 is 5.73 Å². The van der Waals surface area contributed by atoms with E-state index >= 15 is 0 Å². The van der Waals surface area contributed by atoms with Crippen LogP contribution in [0.1, 0.15) is 37.7 Å². The quantitative estimate of drug-likeness (QED) is 0.888. The van der Waals surface area contributed by atoms with Gasteiger partial charge in [-0.05, 0) is 61.7 Å². The van der Waals surface area contributed by atoms with Crippen LogP contribution in [0.25, 0.3) is 0 Å². The molecule has 1 aromatic heterocycles. The summed E-state index contributed by atoms with van der Waals surface area (Å²) >= 11 is 0. The van der Waals surface area contributed by atoms with Crippen LogP contribution in [-0.2, 0) is 13.1 Å². The average Bonchev–Trinajstić information content (AvgIpc) is 2.80. The van der Waals surface area contributed by atoms with Crippen molar-refractivity contribution < 1.29 is 0 Å². The van der Waals surface area contributed by atoms with Crippen LogP contribution in [0.3, 0.4) is 0 Å². The Balaban J connectivity index is 1.51. The third-order valence-electron chi connectivity index (χ3n) is 5.74. The molecule has 0 aromatic carbocycles. The second-order valence-electron chi connectivity index (χ2n) is 6.87. The molecule has 0 radical (unpaired) electrons. The van der Waals surface area contributed by atoms with Gasteiger partial charge in [-0.25, -0.2) is 0 Å². The van der Waals surface area contributed by atoms with Crippen LogP contribution < -0.4 is 5.73 Å². The molecule has 0 saturated heterocycles. The zero-order chi connectivity index (χ0) is 12.1. The van der Waals surface area contributed by atoms with E-state index in [4.69, 9.17) is 5.73 Å². The fourth-order valence-corrected chi connectivity index (χ4v) is 5.16. The van der Waals surface area contributed by atoms with Crippen molar-refractivity contribution in [1.29, 1.82) is 0 Å². The summed E-state index contributed by atoms with van der Waals surface area (Å²) in [5.41, 5.74) is 6.82. The minimum absolute atomic E-state index is 0.613. The second-order valence-corrected chi connectivity index (χ2v) is 6.87. The van der Waals surface area contributed by atoms with Gasteiger partial charge in [-0.15, -0.1) is 0 Å². The Labute approximate surface area is 109 Å². The Kier molecular flexibility index (Phi) is 2.51. The smallest absolute Gasteiger partial charge is 0.0534 e. The predicted octanol–water partition coefficient (Wildman–Crippen LogP) is 2.41. The summed E-state index contributed by atoms with van der Waals surface area (Å²) in [6, 6.07) is 0. The van der Waals surface area contributed by atoms with Gasteiger partial charge in [-0.3, -0.25) is 4.68 Å². The summed E-state index contributed by atoms with van der Waals surface area (Å²) in [5, 5.41) is 4.48. The molecular weight excluding hydrogens is 222 g/mol. The Morgan fingerprint density at radius 1 is 1.11 bits per heavy atom. The molecule has 4 fully saturated rings. The van der Waals surface area contributed by atoms with Crippen LogP contribution >= 0.6 is 0 Å². The molecule has 0 aliphatic heterocycles. The highest BCUT2D eigenvalue weighted by Gasteiger charge is 2.48. The molecule has 4 aliphatic rings. The van der Waals surface area contributed by atoms with Crippen molar-refractivity contribution >= 4 is 0 Å². The van der Waals surface area contributed by atoms with Crippen molar-refractivity contribution in [2.24, 2.45) is 35.3 Å². The van der Waals surface area contributed by atoms with Crippen LogP contribution in [0.15, 0.2) is 12.4 Å². The van der Waals surface area contributed by atoms with Crippen LogP contribution in [0, 0.1) is 29.6 Å². The van der Waals surface area contributed by atoms with Crippen LogP contribution in [0.2, 0.25) is 0 Å². The SMILES string of the molecule is NCc1cnn(CC2C3CC4CC(C3)CC2C4)c1. The summed E-state index contributed by atoms with van der Waals surface area (Å²) < 4.78 is 2.15. The highest BCUT2D eigenvalue weighted by molar-refractivity contribution is 5.04. The van der Waals surface area contributed by atoms with Crippen LogP contribution in [0.4, 0.5) is 0 Å². The molecule has 1 aromatic rings. The normalized spacial score (nSPS) is 41.5. The minimum Gasteiger partial charge on any atom is -0.326 e. The topological polar surface area (TPSA) is 43.8 Å². The maximum atomic E-state index is 5.66. The Morgan fingerprint density at radius 2 is 1.78 bits per heavy atom. The molecule has 4 saturated carbocycles. The molecule has 4 aliphatic carbocycles. The van der Waals surface area contributed by atoms with Gasteiger partial charge in [0, 0.05) is 24.8 Å². The van der Waals surface area contributed by atoms with Gasteiger partial charge in [-0.2, -0.15) is 5.10 Å². The second kappa shape index (κ2) is 4.09. The first-order chi connectivity index (χ1) is 8.81. The third kappa shape index (κ3) is 1.71. The molecule has 0 amide bonds. The number of hydrogen-bond acceptors (Lipinski definition) is 2. The van der Waals surface area contributed by atoms with Gasteiger partial charge in [0.15, 0.2) is 0 Å². The number of nitrogens with two attached hydrogens (primary N) is 1. The van der Waals surface area contributed by atoms with E-state index in [9.17, 15) is 0 Å². The van der Waals surface area contributed by atoms with Crippen molar-refractivity contribution in [2.75, 3.05) is 0 Å². The molecule has 0 atom stereocenters. The van der Waals surface area contributed by atoms with E-state index in [1.165, 1.54) is 31.2 Å². The van der Waals surface area contributed by atoms with Gasteiger partial charge in [0.1, 0.15) is 0 Å². The average molecular weight is 245 g/mol. The zero-order valence-electron chi connectivity index (χ0n) is 11.0. The number of rotatable bonds is 3. The van der Waals surface area contributed by atoms with Crippen molar-refractivity contribution in [2.45, 2.75) is 45.2 Å². The molecule has 3 heteroatoms. The lowest BCUT2D eigenvalue weighted by molar-refractivity contribution is -0.0442. The van der Waals surface area contributed by atoms with Crippen LogP contribution in [0.5, 0.6) is 0 Å². The standard InChI is InChI=1S/C15H23N3/c16-6-12-7-17-18(8-12)9-15-13-2-10-1-11(4-13)5-14(15)3-10/h7-8,10-11,13-15H,1-6,9,16H2. The van der Waals surface area contributed by atoms with Crippen molar-refractivity contribution in [1.82, 2.24) is 9.78 Å². The fourth-order valence-electron chi connectivity index (χ4n) is 5.16. The van der Waals surface area contributed by atoms with E-state index in [0.717, 1.165) is 36.1 Å². The van der Waals surface area contributed by atoms with E-state index in [1.807, 2.05) is 6.20 Å². The molecule has 1 heterocycles. The summed E-state index contributed by atoms with van der Waals surface area (Å²) in [6.45, 7) is 1.75. The van der Waals surface area contributed by atoms with E-state index in [-0.39, 0.29) is 0 Å². The summed E-state index contributed by atoms with van der Waals surface area (Å²) in [4.78, 5) is 0. The predicted molar refractivity (Wildman–Crippen MR) is 70.7 cm³/mol. The summed E-state index contributed by atoms with van der Waals surface area (Å²) in [5.74, 6) is 5.02. The largest absolute Gasteiger partial charge is 0.326 e. The van der Waals surface area contributed by atoms with E-state index in [1.54, 1.807) is 6.42 Å². The minimum atomic E-state index is 0.613. The first-order valence-corrected chi connectivity index (χ1v) is 7.53. The number of aromatic nitrogens is 2. The van der Waals surface area contributed by atoms with Gasteiger partial charge in [0.25, 0.3) is 0 Å². The molecule has 2 N–H and O–H groups in total. The lowest BCUT2D eigenvalue weighted by Gasteiger charge is -2.54. The number of nitrogens with zero attached hydrogens (tertiary/aromatic N) is 2. The Hall–Kier alpha value is -0.830. The van der Waals surface area contributed by atoms with Crippen molar-refractivity contribution in [3.63, 3.8) is 0 Å². The van der Waals surface area contributed by atoms with E-state index in [0.29, 0.717) is 6.54 Å². The van der Waals surface area contributed by atoms with Crippen LogP contribution in [-0.4, -0.2) is 9.78 Å². The third-order valence-corrected chi connectivity index (χ3v) is 5.74. The van der Waals surface area contributed by atoms with E-state index < -0.39 is 0 Å². The molecule has 3 nitrogen and oxygen atoms in total. The lowest BCUT2D eigenvalue weighted by Crippen LogP contribution is -2.46. The number of hydrogen-bond donors (Lipinski definition) is 1. The highest BCUT2D eigenvalue weighted by atomic mass is 15.3. The molecule has 0 unspecified atom stereocenters. The van der Waals surface area contributed by atoms with Crippen molar-refractivity contribution in [3.05, 3.63) is 18.0 Å². The Bertz CT molecular complexity index is 409. The summed E-state index contributed by atoms with van der Waals surface area (Å²) in [6.07, 6.45) is 11.6.